The summed E-state index contributed by atoms with van der Waals surface area (Å²) in [5.74, 6) is -1.12. The van der Waals surface area contributed by atoms with Crippen LogP contribution in [0.3, 0.4) is 0 Å². The van der Waals surface area contributed by atoms with Crippen molar-refractivity contribution in [2.24, 2.45) is 4.40 Å². The molecule has 0 bridgehead atoms. The Labute approximate surface area is 87.1 Å². The molecule has 80 valence electrons. The lowest BCUT2D eigenvalue weighted by Gasteiger charge is -1.98. The second-order valence-electron chi connectivity index (χ2n) is 2.86. The first kappa shape index (κ1) is 11.4. The molecule has 0 aliphatic rings. The molecule has 1 rings (SSSR count). The lowest BCUT2D eigenvalue weighted by atomic mass is 10.1. The molecule has 1 aromatic carbocycles. The van der Waals surface area contributed by atoms with Crippen molar-refractivity contribution < 1.29 is 18.3 Å². The molecule has 0 radical (unpaired) electrons. The number of nitrogens with zero attached hydrogens (tertiary/aromatic N) is 1. The number of carboxylic acids is 1. The number of carbonyl (C=O) groups is 1. The summed E-state index contributed by atoms with van der Waals surface area (Å²) in [5, 5.41) is 8.78. The summed E-state index contributed by atoms with van der Waals surface area (Å²) in [4.78, 5) is 10.7. The largest absolute Gasteiger partial charge is 0.478 e. The Hall–Kier alpha value is -1.69. The Bertz CT molecular complexity index is 505. The Morgan fingerprint density at radius 1 is 1.40 bits per heavy atom. The van der Waals surface area contributed by atoms with Crippen molar-refractivity contribution in [3.63, 3.8) is 0 Å². The quantitative estimate of drug-likeness (QED) is 0.773. The van der Waals surface area contributed by atoms with E-state index < -0.39 is 16.0 Å². The van der Waals surface area contributed by atoms with Crippen LogP contribution in [0, 0.1) is 0 Å². The topological polar surface area (TPSA) is 83.8 Å². The average molecular weight is 227 g/mol. The molecule has 15 heavy (non-hydrogen) atoms. The molecule has 1 aromatic rings. The SMILES string of the molecule is CS(=O)(=O)/N=C\c1ccccc1C(=O)O. The number of hydrogen-bond donors (Lipinski definition) is 1. The van der Waals surface area contributed by atoms with E-state index in [-0.39, 0.29) is 11.1 Å². The fourth-order valence-electron chi connectivity index (χ4n) is 0.957. The molecule has 0 heterocycles. The Balaban J connectivity index is 3.16. The molecule has 0 fully saturated rings. The van der Waals surface area contributed by atoms with Crippen LogP contribution in [0.25, 0.3) is 0 Å². The van der Waals surface area contributed by atoms with Gasteiger partial charge in [0.05, 0.1) is 11.8 Å². The summed E-state index contributed by atoms with van der Waals surface area (Å²) in [7, 11) is -3.49. The lowest BCUT2D eigenvalue weighted by molar-refractivity contribution is 0.0696. The van der Waals surface area contributed by atoms with Crippen LogP contribution >= 0.6 is 0 Å². The normalized spacial score (nSPS) is 11.8. The number of aromatic carboxylic acids is 1. The van der Waals surface area contributed by atoms with Crippen molar-refractivity contribution in [1.82, 2.24) is 0 Å². The van der Waals surface area contributed by atoms with E-state index >= 15 is 0 Å². The molecule has 0 aliphatic carbocycles. The minimum atomic E-state index is -3.49. The van der Waals surface area contributed by atoms with E-state index in [4.69, 9.17) is 5.11 Å². The fourth-order valence-corrected chi connectivity index (χ4v) is 1.26. The van der Waals surface area contributed by atoms with Gasteiger partial charge in [-0.05, 0) is 6.07 Å². The van der Waals surface area contributed by atoms with Crippen LogP contribution in [-0.2, 0) is 10.0 Å². The van der Waals surface area contributed by atoms with E-state index in [0.29, 0.717) is 0 Å². The van der Waals surface area contributed by atoms with Crippen molar-refractivity contribution in [2.45, 2.75) is 0 Å². The molecule has 5 nitrogen and oxygen atoms in total. The van der Waals surface area contributed by atoms with Gasteiger partial charge in [0, 0.05) is 11.8 Å². The molecular weight excluding hydrogens is 218 g/mol. The third kappa shape index (κ3) is 3.51. The Morgan fingerprint density at radius 2 is 2.00 bits per heavy atom. The summed E-state index contributed by atoms with van der Waals surface area (Å²) in [5.41, 5.74) is 0.278. The van der Waals surface area contributed by atoms with Crippen LogP contribution in [0.15, 0.2) is 28.7 Å². The first-order valence-corrected chi connectivity index (χ1v) is 5.82. The molecule has 0 saturated carbocycles. The van der Waals surface area contributed by atoms with Crippen LogP contribution in [0.1, 0.15) is 15.9 Å². The highest BCUT2D eigenvalue weighted by Crippen LogP contribution is 2.06. The second-order valence-corrected chi connectivity index (χ2v) is 4.54. The van der Waals surface area contributed by atoms with Gasteiger partial charge >= 0.3 is 5.97 Å². The monoisotopic (exact) mass is 227 g/mol. The molecule has 0 atom stereocenters. The Morgan fingerprint density at radius 3 is 2.53 bits per heavy atom. The van der Waals surface area contributed by atoms with Gasteiger partial charge in [0.25, 0.3) is 0 Å². The zero-order valence-electron chi connectivity index (χ0n) is 7.91. The highest BCUT2D eigenvalue weighted by Gasteiger charge is 2.07. The average Bonchev–Trinajstić information content (AvgIpc) is 2.14. The van der Waals surface area contributed by atoms with Crippen molar-refractivity contribution >= 4 is 22.2 Å². The van der Waals surface area contributed by atoms with Gasteiger partial charge in [-0.3, -0.25) is 0 Å². The summed E-state index contributed by atoms with van der Waals surface area (Å²) in [6.45, 7) is 0. The van der Waals surface area contributed by atoms with Gasteiger partial charge in [-0.1, -0.05) is 18.2 Å². The van der Waals surface area contributed by atoms with E-state index in [1.807, 2.05) is 0 Å². The van der Waals surface area contributed by atoms with E-state index in [1.54, 1.807) is 12.1 Å². The molecule has 1 N–H and O–H groups in total. The van der Waals surface area contributed by atoms with E-state index in [2.05, 4.69) is 4.40 Å². The summed E-state index contributed by atoms with van der Waals surface area (Å²) in [6.07, 6.45) is 1.96. The molecule has 0 aromatic heterocycles. The van der Waals surface area contributed by atoms with Crippen LogP contribution < -0.4 is 0 Å². The van der Waals surface area contributed by atoms with Gasteiger partial charge in [-0.2, -0.15) is 4.40 Å². The number of sulfonamides is 1. The highest BCUT2D eigenvalue weighted by atomic mass is 32.2. The molecule has 0 aliphatic heterocycles. The molecular formula is C9H9NO4S. The number of carboxylic acid groups (broad SMARTS) is 1. The van der Waals surface area contributed by atoms with Crippen LogP contribution in [0.2, 0.25) is 0 Å². The molecule has 6 heteroatoms. The first-order valence-electron chi connectivity index (χ1n) is 3.98. The van der Waals surface area contributed by atoms with Crippen LogP contribution in [0.4, 0.5) is 0 Å². The fraction of sp³-hybridized carbons (Fsp3) is 0.111. The van der Waals surface area contributed by atoms with Crippen LogP contribution in [0.5, 0.6) is 0 Å². The number of benzene rings is 1. The molecule has 0 spiro atoms. The molecule has 0 unspecified atom stereocenters. The van der Waals surface area contributed by atoms with E-state index in [1.165, 1.54) is 12.1 Å². The van der Waals surface area contributed by atoms with Crippen molar-refractivity contribution in [1.29, 1.82) is 0 Å². The zero-order chi connectivity index (χ0) is 11.5. The van der Waals surface area contributed by atoms with Gasteiger partial charge < -0.3 is 5.11 Å². The zero-order valence-corrected chi connectivity index (χ0v) is 8.73. The predicted molar refractivity (Wildman–Crippen MR) is 55.8 cm³/mol. The Kier molecular flexibility index (Phi) is 3.21. The number of hydrogen-bond acceptors (Lipinski definition) is 3. The minimum Gasteiger partial charge on any atom is -0.478 e. The van der Waals surface area contributed by atoms with Gasteiger partial charge in [0.2, 0.25) is 10.0 Å². The van der Waals surface area contributed by atoms with E-state index in [9.17, 15) is 13.2 Å². The van der Waals surface area contributed by atoms with Gasteiger partial charge in [0.1, 0.15) is 0 Å². The molecule has 0 amide bonds. The second kappa shape index (κ2) is 4.22. The third-order valence-electron chi connectivity index (χ3n) is 1.57. The smallest absolute Gasteiger partial charge is 0.336 e. The minimum absolute atomic E-state index is 0.0184. The van der Waals surface area contributed by atoms with E-state index in [0.717, 1.165) is 12.5 Å². The molecule has 0 saturated heterocycles. The van der Waals surface area contributed by atoms with Gasteiger partial charge in [-0.15, -0.1) is 0 Å². The summed E-state index contributed by atoms with van der Waals surface area (Å²) < 4.78 is 24.7. The first-order chi connectivity index (χ1) is 6.90. The van der Waals surface area contributed by atoms with Crippen LogP contribution in [-0.4, -0.2) is 32.0 Å². The third-order valence-corrected chi connectivity index (χ3v) is 2.06. The maximum absolute atomic E-state index is 10.7. The number of rotatable bonds is 3. The highest BCUT2D eigenvalue weighted by molar-refractivity contribution is 7.89. The van der Waals surface area contributed by atoms with Gasteiger partial charge in [0.15, 0.2) is 0 Å². The van der Waals surface area contributed by atoms with Gasteiger partial charge in [-0.25, -0.2) is 13.2 Å². The maximum atomic E-state index is 10.7. The standard InChI is InChI=1S/C9H9NO4S/c1-15(13,14)10-6-7-4-2-3-5-8(7)9(11)12/h2-6H,1H3,(H,11,12)/b10-6-. The predicted octanol–water partition coefficient (Wildman–Crippen LogP) is 0.763. The maximum Gasteiger partial charge on any atom is 0.336 e. The van der Waals surface area contributed by atoms with Crippen molar-refractivity contribution in [3.05, 3.63) is 35.4 Å². The summed E-state index contributed by atoms with van der Waals surface area (Å²) in [6, 6.07) is 6.03. The van der Waals surface area contributed by atoms with Crippen molar-refractivity contribution in [2.75, 3.05) is 6.26 Å². The summed E-state index contributed by atoms with van der Waals surface area (Å²) >= 11 is 0. The van der Waals surface area contributed by atoms with Crippen molar-refractivity contribution in [3.8, 4) is 0 Å². The lowest BCUT2D eigenvalue weighted by Crippen LogP contribution is -2.02.